The lowest BCUT2D eigenvalue weighted by Crippen LogP contribution is -2.28. The van der Waals surface area contributed by atoms with Crippen LogP contribution in [0.4, 0.5) is 0 Å². The predicted molar refractivity (Wildman–Crippen MR) is 121 cm³/mol. The van der Waals surface area contributed by atoms with Crippen molar-refractivity contribution in [1.82, 2.24) is 9.78 Å². The topological polar surface area (TPSA) is 43.8 Å². The molecule has 1 heterocycles. The number of para-hydroxylation sites is 1. The Morgan fingerprint density at radius 3 is 2.10 bits per heavy atom. The average Bonchev–Trinajstić information content (AvgIpc) is 3.12. The third-order valence-corrected chi connectivity index (χ3v) is 5.55. The summed E-state index contributed by atoms with van der Waals surface area (Å²) in [5, 5.41) is 4.94. The molecule has 4 aromatic rings. The number of hydrogen-bond donors (Lipinski definition) is 1. The van der Waals surface area contributed by atoms with Crippen LogP contribution in [0.25, 0.3) is 28.1 Å². The van der Waals surface area contributed by atoms with E-state index < -0.39 is 0 Å². The molecular formula is C26H27N3. The van der Waals surface area contributed by atoms with Crippen LogP contribution in [0.3, 0.4) is 0 Å². The van der Waals surface area contributed by atoms with Crippen molar-refractivity contribution in [1.29, 1.82) is 0 Å². The highest BCUT2D eigenvalue weighted by Crippen LogP contribution is 2.37. The molecule has 0 saturated heterocycles. The Kier molecular flexibility index (Phi) is 5.08. The standard InChI is InChI=1S/C26H27N3/c1-19-24(20-11-6-4-7-12-20)25(29(28-19)23-15-8-5-9-16-23)21-13-10-14-22(17-21)26(2,3)18-27/h4-17H,18,27H2,1-3H3. The van der Waals surface area contributed by atoms with E-state index in [0.717, 1.165) is 28.2 Å². The number of nitrogens with two attached hydrogens (primary N) is 1. The molecule has 2 N–H and O–H groups in total. The molecule has 29 heavy (non-hydrogen) atoms. The van der Waals surface area contributed by atoms with Gasteiger partial charge in [-0.05, 0) is 36.2 Å². The molecule has 0 spiro atoms. The lowest BCUT2D eigenvalue weighted by molar-refractivity contribution is 0.539. The molecule has 0 aliphatic carbocycles. The average molecular weight is 382 g/mol. The molecule has 0 atom stereocenters. The molecule has 0 unspecified atom stereocenters. The number of aryl methyl sites for hydroxylation is 1. The van der Waals surface area contributed by atoms with Gasteiger partial charge in [-0.25, -0.2) is 4.68 Å². The second-order valence-corrected chi connectivity index (χ2v) is 8.09. The first-order valence-electron chi connectivity index (χ1n) is 10.0. The fraction of sp³-hybridized carbons (Fsp3) is 0.192. The van der Waals surface area contributed by atoms with E-state index in [9.17, 15) is 0 Å². The monoisotopic (exact) mass is 381 g/mol. The number of benzene rings is 3. The first-order chi connectivity index (χ1) is 14.0. The minimum absolute atomic E-state index is 0.0877. The third kappa shape index (κ3) is 3.62. The van der Waals surface area contributed by atoms with Gasteiger partial charge in [-0.2, -0.15) is 5.10 Å². The lowest BCUT2D eigenvalue weighted by atomic mass is 9.83. The molecular weight excluding hydrogens is 354 g/mol. The van der Waals surface area contributed by atoms with Gasteiger partial charge in [-0.1, -0.05) is 80.6 Å². The molecule has 3 aromatic carbocycles. The van der Waals surface area contributed by atoms with E-state index in [0.29, 0.717) is 6.54 Å². The van der Waals surface area contributed by atoms with Crippen LogP contribution >= 0.6 is 0 Å². The third-order valence-electron chi connectivity index (χ3n) is 5.55. The Bertz CT molecular complexity index is 1110. The quantitative estimate of drug-likeness (QED) is 0.478. The van der Waals surface area contributed by atoms with Crippen molar-refractivity contribution in [2.24, 2.45) is 5.73 Å². The summed E-state index contributed by atoms with van der Waals surface area (Å²) in [6, 6.07) is 29.5. The van der Waals surface area contributed by atoms with Gasteiger partial charge in [-0.15, -0.1) is 0 Å². The molecule has 0 fully saturated rings. The maximum absolute atomic E-state index is 6.06. The Morgan fingerprint density at radius 1 is 0.828 bits per heavy atom. The van der Waals surface area contributed by atoms with Crippen molar-refractivity contribution in [3.63, 3.8) is 0 Å². The van der Waals surface area contributed by atoms with Gasteiger partial charge < -0.3 is 5.73 Å². The Morgan fingerprint density at radius 2 is 1.45 bits per heavy atom. The molecule has 146 valence electrons. The summed E-state index contributed by atoms with van der Waals surface area (Å²) < 4.78 is 2.06. The SMILES string of the molecule is Cc1nn(-c2ccccc2)c(-c2cccc(C(C)(C)CN)c2)c1-c1ccccc1. The summed E-state index contributed by atoms with van der Waals surface area (Å²) in [4.78, 5) is 0. The van der Waals surface area contributed by atoms with Gasteiger partial charge in [0.2, 0.25) is 0 Å². The number of hydrogen-bond acceptors (Lipinski definition) is 2. The summed E-state index contributed by atoms with van der Waals surface area (Å²) in [6.45, 7) is 7.05. The van der Waals surface area contributed by atoms with Crippen LogP contribution in [-0.2, 0) is 5.41 Å². The van der Waals surface area contributed by atoms with E-state index in [-0.39, 0.29) is 5.41 Å². The molecule has 1 aromatic heterocycles. The van der Waals surface area contributed by atoms with Crippen LogP contribution in [-0.4, -0.2) is 16.3 Å². The fourth-order valence-corrected chi connectivity index (χ4v) is 3.71. The van der Waals surface area contributed by atoms with Crippen LogP contribution in [0.5, 0.6) is 0 Å². The van der Waals surface area contributed by atoms with Gasteiger partial charge in [0.05, 0.1) is 17.1 Å². The van der Waals surface area contributed by atoms with E-state index in [4.69, 9.17) is 10.8 Å². The molecule has 0 aliphatic rings. The molecule has 0 bridgehead atoms. The van der Waals surface area contributed by atoms with E-state index in [1.807, 2.05) is 24.3 Å². The summed E-state index contributed by atoms with van der Waals surface area (Å²) in [7, 11) is 0. The highest BCUT2D eigenvalue weighted by Gasteiger charge is 2.23. The van der Waals surface area contributed by atoms with Crippen molar-refractivity contribution in [3.05, 3.63) is 96.2 Å². The molecule has 3 heteroatoms. The molecule has 0 aliphatic heterocycles. The summed E-state index contributed by atoms with van der Waals surface area (Å²) >= 11 is 0. The van der Waals surface area contributed by atoms with Crippen molar-refractivity contribution in [2.45, 2.75) is 26.2 Å². The van der Waals surface area contributed by atoms with Gasteiger partial charge in [0.15, 0.2) is 0 Å². The normalized spacial score (nSPS) is 11.6. The van der Waals surface area contributed by atoms with Crippen LogP contribution in [0.2, 0.25) is 0 Å². The van der Waals surface area contributed by atoms with Crippen LogP contribution in [0.15, 0.2) is 84.9 Å². The first kappa shape index (κ1) is 19.2. The van der Waals surface area contributed by atoms with Gasteiger partial charge in [0.25, 0.3) is 0 Å². The zero-order valence-electron chi connectivity index (χ0n) is 17.3. The zero-order valence-corrected chi connectivity index (χ0v) is 17.3. The lowest BCUT2D eigenvalue weighted by Gasteiger charge is -2.24. The summed E-state index contributed by atoms with van der Waals surface area (Å²) in [5.41, 5.74) is 13.9. The highest BCUT2D eigenvalue weighted by molar-refractivity contribution is 5.84. The van der Waals surface area contributed by atoms with E-state index in [2.05, 4.69) is 86.1 Å². The van der Waals surface area contributed by atoms with Crippen LogP contribution in [0, 0.1) is 6.92 Å². The van der Waals surface area contributed by atoms with Gasteiger partial charge in [0.1, 0.15) is 0 Å². The molecule has 0 saturated carbocycles. The van der Waals surface area contributed by atoms with Gasteiger partial charge >= 0.3 is 0 Å². The summed E-state index contributed by atoms with van der Waals surface area (Å²) in [6.07, 6.45) is 0. The zero-order chi connectivity index (χ0) is 20.4. The maximum atomic E-state index is 6.06. The van der Waals surface area contributed by atoms with Crippen molar-refractivity contribution >= 4 is 0 Å². The van der Waals surface area contributed by atoms with E-state index in [1.165, 1.54) is 11.1 Å². The Labute approximate surface area is 172 Å². The fourth-order valence-electron chi connectivity index (χ4n) is 3.71. The maximum Gasteiger partial charge on any atom is 0.0822 e. The van der Waals surface area contributed by atoms with Crippen molar-refractivity contribution in [2.75, 3.05) is 6.54 Å². The van der Waals surface area contributed by atoms with Gasteiger partial charge in [0, 0.05) is 23.1 Å². The van der Waals surface area contributed by atoms with Crippen LogP contribution in [0.1, 0.15) is 25.1 Å². The number of aromatic nitrogens is 2. The van der Waals surface area contributed by atoms with E-state index >= 15 is 0 Å². The van der Waals surface area contributed by atoms with E-state index in [1.54, 1.807) is 0 Å². The smallest absolute Gasteiger partial charge is 0.0822 e. The van der Waals surface area contributed by atoms with Crippen molar-refractivity contribution in [3.8, 4) is 28.1 Å². The Hall–Kier alpha value is -3.17. The van der Waals surface area contributed by atoms with Crippen molar-refractivity contribution < 1.29 is 0 Å². The molecule has 0 amide bonds. The number of nitrogens with zero attached hydrogens (tertiary/aromatic N) is 2. The Balaban J connectivity index is 2.00. The molecule has 3 nitrogen and oxygen atoms in total. The van der Waals surface area contributed by atoms with Crippen LogP contribution < -0.4 is 5.73 Å². The second kappa shape index (κ2) is 7.69. The largest absolute Gasteiger partial charge is 0.330 e. The molecule has 0 radical (unpaired) electrons. The first-order valence-corrected chi connectivity index (χ1v) is 10.0. The highest BCUT2D eigenvalue weighted by atomic mass is 15.3. The predicted octanol–water partition coefficient (Wildman–Crippen LogP) is 5.75. The minimum atomic E-state index is -0.0877. The number of rotatable bonds is 5. The molecule has 4 rings (SSSR count). The minimum Gasteiger partial charge on any atom is -0.330 e. The second-order valence-electron chi connectivity index (χ2n) is 8.09. The summed E-state index contributed by atoms with van der Waals surface area (Å²) in [5.74, 6) is 0. The van der Waals surface area contributed by atoms with Gasteiger partial charge in [-0.3, -0.25) is 0 Å².